The number of nitrogens with one attached hydrogen (secondary N) is 1. The zero-order chi connectivity index (χ0) is 18.6. The molecule has 3 aliphatic rings. The van der Waals surface area contributed by atoms with E-state index in [1.54, 1.807) is 0 Å². The first-order valence-corrected chi connectivity index (χ1v) is 10.3. The zero-order valence-corrected chi connectivity index (χ0v) is 16.0. The summed E-state index contributed by atoms with van der Waals surface area (Å²) in [6, 6.07) is 2.47. The van der Waals surface area contributed by atoms with Gasteiger partial charge in [-0.2, -0.15) is 5.26 Å². The van der Waals surface area contributed by atoms with Crippen LogP contribution in [0.2, 0.25) is 0 Å². The molecule has 1 N–H and O–H groups in total. The van der Waals surface area contributed by atoms with E-state index in [9.17, 15) is 14.9 Å². The van der Waals surface area contributed by atoms with Crippen molar-refractivity contribution in [3.63, 3.8) is 0 Å². The Bertz CT molecular complexity index is 565. The van der Waals surface area contributed by atoms with Crippen molar-refractivity contribution in [1.82, 2.24) is 15.1 Å². The Labute approximate surface area is 156 Å². The van der Waals surface area contributed by atoms with Crippen LogP contribution in [-0.2, 0) is 9.59 Å². The average Bonchev–Trinajstić information content (AvgIpc) is 2.93. The van der Waals surface area contributed by atoms with Gasteiger partial charge in [0.05, 0.1) is 12.1 Å². The lowest BCUT2D eigenvalue weighted by Crippen LogP contribution is -2.55. The Morgan fingerprint density at radius 1 is 1.15 bits per heavy atom. The van der Waals surface area contributed by atoms with Gasteiger partial charge in [0.15, 0.2) is 0 Å². The second-order valence-electron chi connectivity index (χ2n) is 8.23. The summed E-state index contributed by atoms with van der Waals surface area (Å²) in [5.74, 6) is 0.270. The summed E-state index contributed by atoms with van der Waals surface area (Å²) in [7, 11) is 0. The molecule has 144 valence electrons. The maximum absolute atomic E-state index is 12.8. The minimum absolute atomic E-state index is 0.0239. The van der Waals surface area contributed by atoms with Crippen molar-refractivity contribution in [2.24, 2.45) is 0 Å². The first kappa shape index (κ1) is 19.2. The predicted molar refractivity (Wildman–Crippen MR) is 99.2 cm³/mol. The summed E-state index contributed by atoms with van der Waals surface area (Å²) in [6.45, 7) is 4.56. The van der Waals surface area contributed by atoms with Gasteiger partial charge in [0.1, 0.15) is 5.54 Å². The first-order valence-electron chi connectivity index (χ1n) is 10.3. The lowest BCUT2D eigenvalue weighted by atomic mass is 9.82. The van der Waals surface area contributed by atoms with Gasteiger partial charge in [0, 0.05) is 25.6 Å². The molecule has 0 aromatic rings. The number of hydrogen-bond donors (Lipinski definition) is 1. The van der Waals surface area contributed by atoms with Crippen molar-refractivity contribution >= 4 is 11.8 Å². The number of likely N-dealkylation sites (tertiary alicyclic amines) is 2. The smallest absolute Gasteiger partial charge is 0.238 e. The Morgan fingerprint density at radius 2 is 1.92 bits per heavy atom. The molecule has 0 spiro atoms. The van der Waals surface area contributed by atoms with Crippen LogP contribution in [-0.4, -0.2) is 58.9 Å². The van der Waals surface area contributed by atoms with Crippen LogP contribution in [0.15, 0.2) is 0 Å². The van der Waals surface area contributed by atoms with Gasteiger partial charge in [-0.25, -0.2) is 0 Å². The van der Waals surface area contributed by atoms with E-state index < -0.39 is 5.54 Å². The lowest BCUT2D eigenvalue weighted by molar-refractivity contribution is -0.130. The summed E-state index contributed by atoms with van der Waals surface area (Å²) < 4.78 is 0. The van der Waals surface area contributed by atoms with Gasteiger partial charge in [-0.05, 0) is 52.0 Å². The predicted octanol–water partition coefficient (Wildman–Crippen LogP) is 2.19. The molecule has 2 unspecified atom stereocenters. The second kappa shape index (κ2) is 8.39. The van der Waals surface area contributed by atoms with Crippen LogP contribution in [0.4, 0.5) is 0 Å². The highest BCUT2D eigenvalue weighted by Crippen LogP contribution is 2.28. The maximum atomic E-state index is 12.8. The quantitative estimate of drug-likeness (QED) is 0.834. The fourth-order valence-corrected chi connectivity index (χ4v) is 4.78. The van der Waals surface area contributed by atoms with E-state index in [2.05, 4.69) is 21.2 Å². The van der Waals surface area contributed by atoms with Gasteiger partial charge >= 0.3 is 0 Å². The van der Waals surface area contributed by atoms with Crippen molar-refractivity contribution in [3.05, 3.63) is 0 Å². The molecule has 0 bridgehead atoms. The third kappa shape index (κ3) is 4.20. The molecule has 1 aliphatic carbocycles. The second-order valence-corrected chi connectivity index (χ2v) is 8.23. The largest absolute Gasteiger partial charge is 0.340 e. The van der Waals surface area contributed by atoms with E-state index in [4.69, 9.17) is 0 Å². The van der Waals surface area contributed by atoms with E-state index in [1.165, 1.54) is 0 Å². The monoisotopic (exact) mass is 360 g/mol. The Hall–Kier alpha value is -1.61. The summed E-state index contributed by atoms with van der Waals surface area (Å²) in [4.78, 5) is 29.1. The van der Waals surface area contributed by atoms with Crippen molar-refractivity contribution in [2.45, 2.75) is 88.8 Å². The fraction of sp³-hybridized carbons (Fsp3) is 0.850. The number of amides is 2. The average molecular weight is 361 g/mol. The van der Waals surface area contributed by atoms with E-state index in [0.717, 1.165) is 77.4 Å². The number of carbonyl (C=O) groups is 2. The van der Waals surface area contributed by atoms with Crippen LogP contribution in [0.1, 0.15) is 71.1 Å². The highest BCUT2D eigenvalue weighted by molar-refractivity contribution is 5.82. The van der Waals surface area contributed by atoms with Gasteiger partial charge in [-0.3, -0.25) is 14.5 Å². The van der Waals surface area contributed by atoms with Gasteiger partial charge in [0.25, 0.3) is 0 Å². The van der Waals surface area contributed by atoms with E-state index in [0.29, 0.717) is 18.4 Å². The number of carbonyl (C=O) groups excluding carboxylic acids is 2. The zero-order valence-electron chi connectivity index (χ0n) is 16.0. The third-order valence-corrected chi connectivity index (χ3v) is 6.49. The molecule has 3 rings (SSSR count). The Kier molecular flexibility index (Phi) is 6.18. The van der Waals surface area contributed by atoms with Crippen molar-refractivity contribution in [3.8, 4) is 6.07 Å². The highest BCUT2D eigenvalue weighted by atomic mass is 16.2. The molecule has 0 aromatic carbocycles. The van der Waals surface area contributed by atoms with Gasteiger partial charge in [0.2, 0.25) is 11.8 Å². The molecule has 2 heterocycles. The molecular formula is C20H32N4O2. The summed E-state index contributed by atoms with van der Waals surface area (Å²) in [6.07, 6.45) is 9.35. The number of rotatable bonds is 4. The Balaban J connectivity index is 1.55. The summed E-state index contributed by atoms with van der Waals surface area (Å²) >= 11 is 0. The first-order chi connectivity index (χ1) is 12.5. The standard InChI is InChI=1S/C20H32N4O2/c1-16(19(26)22-20(15-21)10-3-2-4-11-20)23-12-5-7-17(9-14-23)24-13-6-8-18(24)25/h16-17H,2-14H2,1H3,(H,22,26). The van der Waals surface area contributed by atoms with E-state index >= 15 is 0 Å². The molecular weight excluding hydrogens is 328 g/mol. The van der Waals surface area contributed by atoms with Crippen molar-refractivity contribution in [2.75, 3.05) is 19.6 Å². The molecule has 2 aliphatic heterocycles. The molecule has 0 aromatic heterocycles. The van der Waals surface area contributed by atoms with Crippen LogP contribution >= 0.6 is 0 Å². The van der Waals surface area contributed by atoms with Gasteiger partial charge in [-0.15, -0.1) is 0 Å². The maximum Gasteiger partial charge on any atom is 0.238 e. The van der Waals surface area contributed by atoms with Crippen LogP contribution in [0.3, 0.4) is 0 Å². The Morgan fingerprint density at radius 3 is 2.58 bits per heavy atom. The number of nitriles is 1. The van der Waals surface area contributed by atoms with Crippen molar-refractivity contribution < 1.29 is 9.59 Å². The van der Waals surface area contributed by atoms with Gasteiger partial charge < -0.3 is 10.2 Å². The molecule has 3 fully saturated rings. The van der Waals surface area contributed by atoms with E-state index in [-0.39, 0.29) is 11.9 Å². The SMILES string of the molecule is CC(C(=O)NC1(C#N)CCCCC1)N1CCCC(N2CCCC2=O)CC1. The molecule has 6 heteroatoms. The highest BCUT2D eigenvalue weighted by Gasteiger charge is 2.36. The molecule has 26 heavy (non-hydrogen) atoms. The van der Waals surface area contributed by atoms with Crippen LogP contribution in [0, 0.1) is 11.3 Å². The number of nitrogens with zero attached hydrogens (tertiary/aromatic N) is 3. The molecule has 1 saturated carbocycles. The van der Waals surface area contributed by atoms with E-state index in [1.807, 2.05) is 6.92 Å². The molecule has 2 saturated heterocycles. The molecule has 2 atom stereocenters. The number of hydrogen-bond acceptors (Lipinski definition) is 4. The molecule has 6 nitrogen and oxygen atoms in total. The van der Waals surface area contributed by atoms with Crippen molar-refractivity contribution in [1.29, 1.82) is 5.26 Å². The normalized spacial score (nSPS) is 28.2. The van der Waals surface area contributed by atoms with Crippen LogP contribution < -0.4 is 5.32 Å². The van der Waals surface area contributed by atoms with Crippen LogP contribution in [0.5, 0.6) is 0 Å². The molecule has 0 radical (unpaired) electrons. The topological polar surface area (TPSA) is 76.4 Å². The lowest BCUT2D eigenvalue weighted by Gasteiger charge is -2.35. The summed E-state index contributed by atoms with van der Waals surface area (Å²) in [5, 5.41) is 12.7. The third-order valence-electron chi connectivity index (χ3n) is 6.49. The van der Waals surface area contributed by atoms with Gasteiger partial charge in [-0.1, -0.05) is 19.3 Å². The minimum Gasteiger partial charge on any atom is -0.340 e. The fourth-order valence-electron chi connectivity index (χ4n) is 4.78. The molecule has 2 amide bonds. The minimum atomic E-state index is -0.667. The summed E-state index contributed by atoms with van der Waals surface area (Å²) in [5.41, 5.74) is -0.667. The van der Waals surface area contributed by atoms with Crippen LogP contribution in [0.25, 0.3) is 0 Å².